The van der Waals surface area contributed by atoms with E-state index in [9.17, 15) is 4.39 Å². The zero-order valence-electron chi connectivity index (χ0n) is 11.4. The zero-order chi connectivity index (χ0) is 15.5. The Labute approximate surface area is 133 Å². The molecule has 3 heterocycles. The van der Waals surface area contributed by atoms with Gasteiger partial charge in [0.05, 0.1) is 22.6 Å². The summed E-state index contributed by atoms with van der Waals surface area (Å²) in [5, 5.41) is 7.92. The smallest absolute Gasteiger partial charge is 0.316 e. The van der Waals surface area contributed by atoms with Gasteiger partial charge in [0.1, 0.15) is 12.3 Å². The molecule has 0 atom stereocenters. The number of aromatic nitrogens is 6. The number of hydrogen-bond donors (Lipinski definition) is 0. The first-order valence-corrected chi connectivity index (χ1v) is 7.05. The lowest BCUT2D eigenvalue weighted by Crippen LogP contribution is -2.00. The van der Waals surface area contributed by atoms with Gasteiger partial charge in [-0.25, -0.2) is 19.6 Å². The van der Waals surface area contributed by atoms with Crippen molar-refractivity contribution in [1.29, 1.82) is 0 Å². The van der Waals surface area contributed by atoms with Crippen molar-refractivity contribution in [2.75, 3.05) is 0 Å². The number of ether oxygens (including phenoxy) is 1. The van der Waals surface area contributed by atoms with E-state index in [0.29, 0.717) is 11.4 Å². The molecule has 0 spiro atoms. The molecule has 0 N–H and O–H groups in total. The summed E-state index contributed by atoms with van der Waals surface area (Å²) >= 11 is 3.08. The summed E-state index contributed by atoms with van der Waals surface area (Å²) in [6.45, 7) is 2.07. The lowest BCUT2D eigenvalue weighted by Gasteiger charge is -2.01. The maximum Gasteiger partial charge on any atom is 0.316 e. The van der Waals surface area contributed by atoms with Gasteiger partial charge in [0, 0.05) is 12.4 Å². The molecular weight excluding hydrogens is 355 g/mol. The maximum absolute atomic E-state index is 13.1. The largest absolute Gasteiger partial charge is 0.457 e. The second kappa shape index (κ2) is 6.14. The minimum Gasteiger partial charge on any atom is -0.457 e. The SMILES string of the molecule is Cc1cnc(OCc2cn(-c3cnc(F)c(Br)c3)nn2)nc1. The van der Waals surface area contributed by atoms with Crippen LogP contribution in [0.1, 0.15) is 11.3 Å². The van der Waals surface area contributed by atoms with Crippen LogP contribution in [0.25, 0.3) is 5.69 Å². The van der Waals surface area contributed by atoms with Gasteiger partial charge in [-0.2, -0.15) is 4.39 Å². The molecule has 3 aromatic heterocycles. The van der Waals surface area contributed by atoms with Crippen molar-refractivity contribution in [3.8, 4) is 11.7 Å². The molecule has 0 aliphatic heterocycles. The molecule has 112 valence electrons. The quantitative estimate of drug-likeness (QED) is 0.660. The normalized spacial score (nSPS) is 10.7. The molecule has 22 heavy (non-hydrogen) atoms. The summed E-state index contributed by atoms with van der Waals surface area (Å²) in [4.78, 5) is 11.7. The zero-order valence-corrected chi connectivity index (χ0v) is 13.0. The molecule has 3 rings (SSSR count). The van der Waals surface area contributed by atoms with Crippen LogP contribution >= 0.6 is 15.9 Å². The second-order valence-electron chi connectivity index (χ2n) is 4.45. The van der Waals surface area contributed by atoms with Gasteiger partial charge in [0.15, 0.2) is 0 Å². The fourth-order valence-corrected chi connectivity index (χ4v) is 1.96. The van der Waals surface area contributed by atoms with E-state index in [4.69, 9.17) is 4.74 Å². The van der Waals surface area contributed by atoms with E-state index >= 15 is 0 Å². The van der Waals surface area contributed by atoms with Crippen molar-refractivity contribution >= 4 is 15.9 Å². The van der Waals surface area contributed by atoms with E-state index in [1.54, 1.807) is 24.7 Å². The van der Waals surface area contributed by atoms with E-state index in [1.165, 1.54) is 10.9 Å². The van der Waals surface area contributed by atoms with Crippen LogP contribution in [0.2, 0.25) is 0 Å². The molecule has 0 fully saturated rings. The van der Waals surface area contributed by atoms with Gasteiger partial charge in [-0.05, 0) is 34.5 Å². The number of nitrogens with zero attached hydrogens (tertiary/aromatic N) is 6. The van der Waals surface area contributed by atoms with Crippen LogP contribution in [0.15, 0.2) is 35.3 Å². The predicted octanol–water partition coefficient (Wildman–Crippen LogP) is 2.24. The Morgan fingerprint density at radius 2 is 2.00 bits per heavy atom. The average Bonchev–Trinajstić information content (AvgIpc) is 2.98. The molecule has 0 unspecified atom stereocenters. The van der Waals surface area contributed by atoms with Gasteiger partial charge in [0.25, 0.3) is 0 Å². The van der Waals surface area contributed by atoms with Gasteiger partial charge >= 0.3 is 6.01 Å². The lowest BCUT2D eigenvalue weighted by atomic mass is 10.4. The molecule has 0 radical (unpaired) electrons. The molecule has 7 nitrogen and oxygen atoms in total. The molecule has 0 saturated heterocycles. The Balaban J connectivity index is 1.70. The fraction of sp³-hybridized carbons (Fsp3) is 0.154. The number of halogens is 2. The van der Waals surface area contributed by atoms with Gasteiger partial charge in [0.2, 0.25) is 5.95 Å². The summed E-state index contributed by atoms with van der Waals surface area (Å²) < 4.78 is 20.3. The maximum atomic E-state index is 13.1. The minimum absolute atomic E-state index is 0.179. The van der Waals surface area contributed by atoms with Crippen LogP contribution in [-0.4, -0.2) is 29.9 Å². The molecule has 0 saturated carbocycles. The van der Waals surface area contributed by atoms with E-state index in [2.05, 4.69) is 41.2 Å². The Bertz CT molecular complexity index is 791. The third-order valence-corrected chi connectivity index (χ3v) is 3.25. The summed E-state index contributed by atoms with van der Waals surface area (Å²) in [7, 11) is 0. The molecule has 0 aliphatic rings. The summed E-state index contributed by atoms with van der Waals surface area (Å²) in [6, 6.07) is 1.83. The first kappa shape index (κ1) is 14.5. The van der Waals surface area contributed by atoms with Crippen LogP contribution < -0.4 is 4.74 Å². The van der Waals surface area contributed by atoms with Gasteiger partial charge in [-0.1, -0.05) is 5.21 Å². The van der Waals surface area contributed by atoms with Gasteiger partial charge in [-0.15, -0.1) is 5.10 Å². The predicted molar refractivity (Wildman–Crippen MR) is 77.9 cm³/mol. The summed E-state index contributed by atoms with van der Waals surface area (Å²) in [6.07, 6.45) is 6.36. The molecule has 0 bridgehead atoms. The van der Waals surface area contributed by atoms with Crippen molar-refractivity contribution in [3.05, 3.63) is 52.5 Å². The highest BCUT2D eigenvalue weighted by Gasteiger charge is 2.08. The van der Waals surface area contributed by atoms with Crippen molar-refractivity contribution in [1.82, 2.24) is 29.9 Å². The number of aryl methyl sites for hydroxylation is 1. The highest BCUT2D eigenvalue weighted by Crippen LogP contribution is 2.17. The van der Waals surface area contributed by atoms with Crippen molar-refractivity contribution < 1.29 is 9.13 Å². The van der Waals surface area contributed by atoms with Crippen LogP contribution in [-0.2, 0) is 6.61 Å². The van der Waals surface area contributed by atoms with Crippen LogP contribution in [0, 0.1) is 12.9 Å². The monoisotopic (exact) mass is 364 g/mol. The summed E-state index contributed by atoms with van der Waals surface area (Å²) in [5.41, 5.74) is 2.12. The fourth-order valence-electron chi connectivity index (χ4n) is 1.62. The van der Waals surface area contributed by atoms with E-state index < -0.39 is 5.95 Å². The molecule has 3 aromatic rings. The van der Waals surface area contributed by atoms with E-state index in [-0.39, 0.29) is 17.1 Å². The van der Waals surface area contributed by atoms with Gasteiger partial charge < -0.3 is 4.74 Å². The minimum atomic E-state index is -0.580. The summed E-state index contributed by atoms with van der Waals surface area (Å²) in [5.74, 6) is -0.580. The highest BCUT2D eigenvalue weighted by atomic mass is 79.9. The van der Waals surface area contributed by atoms with Crippen molar-refractivity contribution in [3.63, 3.8) is 0 Å². The number of hydrogen-bond acceptors (Lipinski definition) is 6. The topological polar surface area (TPSA) is 78.6 Å². The Kier molecular flexibility index (Phi) is 4.05. The number of pyridine rings is 1. The molecule has 0 aliphatic carbocycles. The lowest BCUT2D eigenvalue weighted by molar-refractivity contribution is 0.276. The Morgan fingerprint density at radius 3 is 2.73 bits per heavy atom. The molecule has 9 heteroatoms. The average molecular weight is 365 g/mol. The highest BCUT2D eigenvalue weighted by molar-refractivity contribution is 9.10. The standard InChI is InChI=1S/C13H10BrFN6O/c1-8-3-17-13(18-4-8)22-7-9-6-21(20-19-9)10-2-11(14)12(15)16-5-10/h2-6H,7H2,1H3. The van der Waals surface area contributed by atoms with E-state index in [1.807, 2.05) is 6.92 Å². The van der Waals surface area contributed by atoms with Gasteiger partial charge in [-0.3, -0.25) is 0 Å². The van der Waals surface area contributed by atoms with Crippen molar-refractivity contribution in [2.24, 2.45) is 0 Å². The third-order valence-electron chi connectivity index (χ3n) is 2.69. The molecule has 0 aromatic carbocycles. The third kappa shape index (κ3) is 3.25. The first-order chi connectivity index (χ1) is 10.6. The van der Waals surface area contributed by atoms with Crippen LogP contribution in [0.3, 0.4) is 0 Å². The van der Waals surface area contributed by atoms with Crippen LogP contribution in [0.4, 0.5) is 4.39 Å². The van der Waals surface area contributed by atoms with Crippen molar-refractivity contribution in [2.45, 2.75) is 13.5 Å². The second-order valence-corrected chi connectivity index (χ2v) is 5.31. The first-order valence-electron chi connectivity index (χ1n) is 6.26. The Morgan fingerprint density at radius 1 is 1.23 bits per heavy atom. The van der Waals surface area contributed by atoms with Crippen LogP contribution in [0.5, 0.6) is 6.01 Å². The Hall–Kier alpha value is -2.42. The molecular formula is C13H10BrFN6O. The number of rotatable bonds is 4. The van der Waals surface area contributed by atoms with E-state index in [0.717, 1.165) is 5.56 Å². The molecule has 0 amide bonds.